The highest BCUT2D eigenvalue weighted by Gasteiger charge is 2.36. The Kier molecular flexibility index (Phi) is 10.4. The van der Waals surface area contributed by atoms with Gasteiger partial charge in [-0.2, -0.15) is 0 Å². The summed E-state index contributed by atoms with van der Waals surface area (Å²) in [5, 5.41) is 8.43. The number of ketones is 1. The maximum atomic E-state index is 13.0. The number of likely N-dealkylation sites (N-methyl/N-ethyl adjacent to an activating group) is 1. The average Bonchev–Trinajstić information content (AvgIpc) is 2.56. The summed E-state index contributed by atoms with van der Waals surface area (Å²) in [5.41, 5.74) is 4.59. The van der Waals surface area contributed by atoms with Crippen LogP contribution in [0, 0.1) is 11.3 Å². The molecule has 7 heteroatoms. The second-order valence-corrected chi connectivity index (χ2v) is 7.14. The zero-order chi connectivity index (χ0) is 19.6. The zero-order valence-corrected chi connectivity index (χ0v) is 16.6. The van der Waals surface area contributed by atoms with E-state index in [1.165, 1.54) is 0 Å². The minimum absolute atomic E-state index is 0.0449. The van der Waals surface area contributed by atoms with E-state index in [1.807, 2.05) is 34.6 Å². The van der Waals surface area contributed by atoms with Gasteiger partial charge in [-0.25, -0.2) is 4.79 Å². The molecule has 0 aliphatic carbocycles. The van der Waals surface area contributed by atoms with Crippen LogP contribution in [0.5, 0.6) is 0 Å². The summed E-state index contributed by atoms with van der Waals surface area (Å²) in [5.74, 6) is -0.0159. The lowest BCUT2D eigenvalue weighted by molar-refractivity contribution is -0.135. The lowest BCUT2D eigenvalue weighted by atomic mass is 9.76. The molecular weight excluding hydrogens is 320 g/mol. The molecule has 0 rings (SSSR count). The normalized spacial score (nSPS) is 14.0. The highest BCUT2D eigenvalue weighted by atomic mass is 16.2. The highest BCUT2D eigenvalue weighted by molar-refractivity contribution is 5.94. The molecule has 0 aromatic carbocycles. The summed E-state index contributed by atoms with van der Waals surface area (Å²) in [7, 11) is 1.74. The summed E-state index contributed by atoms with van der Waals surface area (Å²) in [6, 6.07) is -1.51. The van der Waals surface area contributed by atoms with E-state index in [0.29, 0.717) is 32.2 Å². The number of urea groups is 1. The van der Waals surface area contributed by atoms with Crippen LogP contribution in [-0.2, 0) is 9.59 Å². The van der Waals surface area contributed by atoms with Crippen LogP contribution in [0.1, 0.15) is 60.3 Å². The first-order chi connectivity index (χ1) is 11.6. The fraction of sp³-hybridized carbons (Fsp3) is 0.833. The van der Waals surface area contributed by atoms with Gasteiger partial charge in [0, 0.05) is 12.0 Å². The molecule has 0 aliphatic heterocycles. The molecule has 0 fully saturated rings. The summed E-state index contributed by atoms with van der Waals surface area (Å²) in [4.78, 5) is 36.4. The van der Waals surface area contributed by atoms with Crippen LogP contribution in [0.15, 0.2) is 0 Å². The molecule has 146 valence electrons. The van der Waals surface area contributed by atoms with E-state index in [4.69, 9.17) is 5.73 Å². The van der Waals surface area contributed by atoms with Crippen molar-refractivity contribution in [3.63, 3.8) is 0 Å². The molecular formula is C18H36N4O3. The van der Waals surface area contributed by atoms with Gasteiger partial charge in [0.15, 0.2) is 5.78 Å². The van der Waals surface area contributed by atoms with Crippen LogP contribution in [-0.4, -0.2) is 43.4 Å². The van der Waals surface area contributed by atoms with Gasteiger partial charge in [-0.1, -0.05) is 34.6 Å². The minimum atomic E-state index is -0.589. The Labute approximate surface area is 151 Å². The molecule has 3 amide bonds. The van der Waals surface area contributed by atoms with E-state index < -0.39 is 17.5 Å². The summed E-state index contributed by atoms with van der Waals surface area (Å²) in [6.07, 6.45) is 2.46. The van der Waals surface area contributed by atoms with E-state index in [1.54, 1.807) is 7.05 Å². The zero-order valence-electron chi connectivity index (χ0n) is 16.6. The molecule has 0 saturated heterocycles. The average molecular weight is 357 g/mol. The van der Waals surface area contributed by atoms with Gasteiger partial charge in [0.25, 0.3) is 0 Å². The highest BCUT2D eigenvalue weighted by Crippen LogP contribution is 2.29. The number of amides is 3. The van der Waals surface area contributed by atoms with Gasteiger partial charge >= 0.3 is 6.03 Å². The van der Waals surface area contributed by atoms with Gasteiger partial charge in [0.05, 0.1) is 12.1 Å². The first kappa shape index (κ1) is 23.4. The number of primary amides is 1. The number of nitrogens with two attached hydrogens (primary N) is 1. The Morgan fingerprint density at radius 1 is 1.12 bits per heavy atom. The molecule has 0 spiro atoms. The van der Waals surface area contributed by atoms with Gasteiger partial charge in [-0.3, -0.25) is 9.59 Å². The van der Waals surface area contributed by atoms with Crippen molar-refractivity contribution in [2.75, 3.05) is 13.6 Å². The Morgan fingerprint density at radius 2 is 1.68 bits per heavy atom. The first-order valence-electron chi connectivity index (χ1n) is 9.18. The Hall–Kier alpha value is -1.63. The molecule has 5 N–H and O–H groups in total. The quantitative estimate of drug-likeness (QED) is 0.397. The topological polar surface area (TPSA) is 113 Å². The van der Waals surface area contributed by atoms with Crippen LogP contribution in [0.25, 0.3) is 0 Å². The SMILES string of the molecule is CCC(C)(CC)C(=O)C(CCCNC(N)=O)NC(=O)C(NC)C(C)C. The maximum absolute atomic E-state index is 13.0. The van der Waals surface area contributed by atoms with Crippen LogP contribution in [0.3, 0.4) is 0 Å². The number of rotatable bonds is 12. The van der Waals surface area contributed by atoms with Crippen molar-refractivity contribution >= 4 is 17.7 Å². The summed E-state index contributed by atoms with van der Waals surface area (Å²) in [6.45, 7) is 10.2. The van der Waals surface area contributed by atoms with Gasteiger partial charge in [-0.05, 0) is 38.6 Å². The third-order valence-electron chi connectivity index (χ3n) is 5.02. The number of carbonyl (C=O) groups excluding carboxylic acids is 3. The van der Waals surface area contributed by atoms with Crippen LogP contribution in [0.4, 0.5) is 4.79 Å². The second kappa shape index (κ2) is 11.1. The van der Waals surface area contributed by atoms with E-state index in [9.17, 15) is 14.4 Å². The lowest BCUT2D eigenvalue weighted by Gasteiger charge is -2.31. The van der Waals surface area contributed by atoms with Crippen LogP contribution >= 0.6 is 0 Å². The molecule has 0 saturated carbocycles. The second-order valence-electron chi connectivity index (χ2n) is 7.14. The van der Waals surface area contributed by atoms with Gasteiger partial charge in [0.1, 0.15) is 0 Å². The number of nitrogens with one attached hydrogen (secondary N) is 3. The molecule has 2 unspecified atom stereocenters. The Bertz CT molecular complexity index is 448. The van der Waals surface area contributed by atoms with Gasteiger partial charge < -0.3 is 21.7 Å². The third-order valence-corrected chi connectivity index (χ3v) is 5.02. The lowest BCUT2D eigenvalue weighted by Crippen LogP contribution is -2.53. The third kappa shape index (κ3) is 7.42. The molecule has 2 atom stereocenters. The summed E-state index contributed by atoms with van der Waals surface area (Å²) < 4.78 is 0. The molecule has 0 heterocycles. The molecule has 25 heavy (non-hydrogen) atoms. The van der Waals surface area contributed by atoms with Crippen molar-refractivity contribution in [1.29, 1.82) is 0 Å². The van der Waals surface area contributed by atoms with Gasteiger partial charge in [-0.15, -0.1) is 0 Å². The molecule has 0 radical (unpaired) electrons. The minimum Gasteiger partial charge on any atom is -0.352 e. The molecule has 7 nitrogen and oxygen atoms in total. The summed E-state index contributed by atoms with van der Waals surface area (Å²) >= 11 is 0. The van der Waals surface area contributed by atoms with E-state index >= 15 is 0 Å². The van der Waals surface area contributed by atoms with Crippen LogP contribution < -0.4 is 21.7 Å². The van der Waals surface area contributed by atoms with Crippen molar-refractivity contribution in [2.45, 2.75) is 72.4 Å². The van der Waals surface area contributed by atoms with Crippen molar-refractivity contribution in [1.82, 2.24) is 16.0 Å². The van der Waals surface area contributed by atoms with E-state index in [0.717, 1.165) is 0 Å². The van der Waals surface area contributed by atoms with Crippen molar-refractivity contribution < 1.29 is 14.4 Å². The maximum Gasteiger partial charge on any atom is 0.312 e. The van der Waals surface area contributed by atoms with Crippen molar-refractivity contribution in [2.24, 2.45) is 17.1 Å². The van der Waals surface area contributed by atoms with Gasteiger partial charge in [0.2, 0.25) is 5.91 Å². The number of hydrogen-bond acceptors (Lipinski definition) is 4. The number of hydrogen-bond donors (Lipinski definition) is 4. The predicted octanol–water partition coefficient (Wildman–Crippen LogP) is 1.56. The van der Waals surface area contributed by atoms with Crippen LogP contribution in [0.2, 0.25) is 0 Å². The predicted molar refractivity (Wildman–Crippen MR) is 100 cm³/mol. The largest absolute Gasteiger partial charge is 0.352 e. The monoisotopic (exact) mass is 356 g/mol. The number of carbonyl (C=O) groups is 3. The fourth-order valence-electron chi connectivity index (χ4n) is 2.83. The molecule has 0 bridgehead atoms. The smallest absolute Gasteiger partial charge is 0.312 e. The Morgan fingerprint density at radius 3 is 2.08 bits per heavy atom. The van der Waals surface area contributed by atoms with E-state index in [-0.39, 0.29) is 23.7 Å². The fourth-order valence-corrected chi connectivity index (χ4v) is 2.83. The van der Waals surface area contributed by atoms with Crippen molar-refractivity contribution in [3.05, 3.63) is 0 Å². The van der Waals surface area contributed by atoms with E-state index in [2.05, 4.69) is 16.0 Å². The number of Topliss-reactive ketones (excluding diaryl/α,β-unsaturated/α-hetero) is 1. The molecule has 0 aliphatic rings. The molecule has 0 aromatic rings. The Balaban J connectivity index is 5.15. The first-order valence-corrected chi connectivity index (χ1v) is 9.18. The standard InChI is InChI=1S/C18H36N4O3/c1-7-18(5,8-2)15(23)13(10-9-11-21-17(19)25)22-16(24)14(20-6)12(3)4/h12-14,20H,7-11H2,1-6H3,(H,22,24)(H3,19,21,25). The molecule has 0 aromatic heterocycles. The van der Waals surface area contributed by atoms with Crippen molar-refractivity contribution in [3.8, 4) is 0 Å².